The van der Waals surface area contributed by atoms with E-state index in [0.717, 1.165) is 18.7 Å². The van der Waals surface area contributed by atoms with Gasteiger partial charge in [-0.2, -0.15) is 0 Å². The summed E-state index contributed by atoms with van der Waals surface area (Å²) in [5, 5.41) is 11.0. The summed E-state index contributed by atoms with van der Waals surface area (Å²) in [4.78, 5) is 2.30. The molecular formula is C20H26ClNO2. The molecule has 0 saturated heterocycles. The average molecular weight is 348 g/mol. The molecule has 4 heteroatoms. The summed E-state index contributed by atoms with van der Waals surface area (Å²) in [7, 11) is 0. The predicted octanol–water partition coefficient (Wildman–Crippen LogP) is 4.38. The van der Waals surface area contributed by atoms with Crippen LogP contribution in [0.15, 0.2) is 54.6 Å². The Hall–Kier alpha value is -1.55. The van der Waals surface area contributed by atoms with Gasteiger partial charge in [0.15, 0.2) is 0 Å². The second kappa shape index (κ2) is 9.67. The molecule has 0 aliphatic rings. The fourth-order valence-corrected chi connectivity index (χ4v) is 2.65. The van der Waals surface area contributed by atoms with Crippen LogP contribution in [0.4, 0.5) is 0 Å². The summed E-state index contributed by atoms with van der Waals surface area (Å²) in [5.41, 5.74) is 1.25. The van der Waals surface area contributed by atoms with Crippen molar-refractivity contribution in [1.29, 1.82) is 0 Å². The molecule has 0 heterocycles. The highest BCUT2D eigenvalue weighted by atomic mass is 35.5. The topological polar surface area (TPSA) is 32.7 Å². The van der Waals surface area contributed by atoms with Gasteiger partial charge in [0.05, 0.1) is 0 Å². The third-order valence-electron chi connectivity index (χ3n) is 4.14. The molecule has 0 spiro atoms. The van der Waals surface area contributed by atoms with Crippen molar-refractivity contribution in [3.63, 3.8) is 0 Å². The van der Waals surface area contributed by atoms with Crippen LogP contribution in [0.1, 0.15) is 25.8 Å². The SMILES string of the molecule is CC[C@H](C)N(Cc1ccccc1)C[C@H](O)COc1ccc(Cl)cc1. The minimum Gasteiger partial charge on any atom is -0.491 e. The van der Waals surface area contributed by atoms with E-state index in [-0.39, 0.29) is 6.61 Å². The van der Waals surface area contributed by atoms with Crippen molar-refractivity contribution in [3.05, 3.63) is 65.2 Å². The van der Waals surface area contributed by atoms with Crippen molar-refractivity contribution in [2.75, 3.05) is 13.2 Å². The maximum Gasteiger partial charge on any atom is 0.119 e. The maximum absolute atomic E-state index is 10.4. The molecule has 3 nitrogen and oxygen atoms in total. The second-order valence-corrected chi connectivity index (χ2v) is 6.53. The van der Waals surface area contributed by atoms with Gasteiger partial charge in [0.2, 0.25) is 0 Å². The highest BCUT2D eigenvalue weighted by Gasteiger charge is 2.17. The molecule has 0 amide bonds. The first-order valence-corrected chi connectivity index (χ1v) is 8.80. The largest absolute Gasteiger partial charge is 0.491 e. The summed E-state index contributed by atoms with van der Waals surface area (Å²) < 4.78 is 5.65. The Morgan fingerprint density at radius 2 is 1.75 bits per heavy atom. The van der Waals surface area contributed by atoms with Crippen LogP contribution in [-0.4, -0.2) is 35.3 Å². The van der Waals surface area contributed by atoms with Crippen LogP contribution >= 0.6 is 11.6 Å². The molecule has 2 atom stereocenters. The normalized spacial score (nSPS) is 13.7. The van der Waals surface area contributed by atoms with Gasteiger partial charge >= 0.3 is 0 Å². The molecule has 130 valence electrons. The zero-order valence-corrected chi connectivity index (χ0v) is 15.1. The molecular weight excluding hydrogens is 322 g/mol. The van der Waals surface area contributed by atoms with Crippen molar-refractivity contribution in [2.45, 2.75) is 39.0 Å². The van der Waals surface area contributed by atoms with Gasteiger partial charge in [0.1, 0.15) is 18.5 Å². The van der Waals surface area contributed by atoms with Crippen LogP contribution in [0.25, 0.3) is 0 Å². The molecule has 0 saturated carbocycles. The van der Waals surface area contributed by atoms with Crippen LogP contribution in [0.2, 0.25) is 5.02 Å². The van der Waals surface area contributed by atoms with Crippen molar-refractivity contribution in [1.82, 2.24) is 4.90 Å². The Labute approximate surface area is 149 Å². The Morgan fingerprint density at radius 1 is 1.08 bits per heavy atom. The van der Waals surface area contributed by atoms with E-state index in [9.17, 15) is 5.11 Å². The fraction of sp³-hybridized carbons (Fsp3) is 0.400. The van der Waals surface area contributed by atoms with Gasteiger partial charge < -0.3 is 9.84 Å². The Balaban J connectivity index is 1.89. The molecule has 24 heavy (non-hydrogen) atoms. The van der Waals surface area contributed by atoms with Gasteiger partial charge in [-0.25, -0.2) is 0 Å². The molecule has 0 bridgehead atoms. The zero-order chi connectivity index (χ0) is 17.4. The molecule has 0 aromatic heterocycles. The van der Waals surface area contributed by atoms with E-state index in [1.54, 1.807) is 12.1 Å². The molecule has 2 aromatic carbocycles. The van der Waals surface area contributed by atoms with Crippen LogP contribution in [0, 0.1) is 0 Å². The van der Waals surface area contributed by atoms with Crippen LogP contribution in [-0.2, 0) is 6.54 Å². The number of ether oxygens (including phenoxy) is 1. The number of nitrogens with zero attached hydrogens (tertiary/aromatic N) is 1. The number of halogens is 1. The second-order valence-electron chi connectivity index (χ2n) is 6.09. The number of aliphatic hydroxyl groups excluding tert-OH is 1. The molecule has 1 N–H and O–H groups in total. The van der Waals surface area contributed by atoms with E-state index < -0.39 is 6.10 Å². The van der Waals surface area contributed by atoms with Crippen molar-refractivity contribution in [3.8, 4) is 5.75 Å². The monoisotopic (exact) mass is 347 g/mol. The van der Waals surface area contributed by atoms with Crippen LogP contribution in [0.3, 0.4) is 0 Å². The quantitative estimate of drug-likeness (QED) is 0.730. The summed E-state index contributed by atoms with van der Waals surface area (Å²) in [6.07, 6.45) is 0.496. The highest BCUT2D eigenvalue weighted by Crippen LogP contribution is 2.16. The van der Waals surface area contributed by atoms with Gasteiger partial charge in [-0.3, -0.25) is 4.90 Å². The van der Waals surface area contributed by atoms with E-state index in [2.05, 4.69) is 30.9 Å². The third kappa shape index (κ3) is 6.16. The Kier molecular flexibility index (Phi) is 7.57. The molecule has 0 unspecified atom stereocenters. The summed E-state index contributed by atoms with van der Waals surface area (Å²) in [6.45, 7) is 6.03. The number of benzene rings is 2. The first-order chi connectivity index (χ1) is 11.6. The lowest BCUT2D eigenvalue weighted by atomic mass is 10.1. The van der Waals surface area contributed by atoms with Gasteiger partial charge in [-0.15, -0.1) is 0 Å². The van der Waals surface area contributed by atoms with E-state index >= 15 is 0 Å². The number of hydrogen-bond donors (Lipinski definition) is 1. The van der Waals surface area contributed by atoms with Gasteiger partial charge in [0, 0.05) is 24.2 Å². The summed E-state index contributed by atoms with van der Waals surface area (Å²) >= 11 is 5.86. The highest BCUT2D eigenvalue weighted by molar-refractivity contribution is 6.30. The summed E-state index contributed by atoms with van der Waals surface area (Å²) in [5.74, 6) is 0.719. The minimum atomic E-state index is -0.543. The van der Waals surface area contributed by atoms with E-state index in [1.165, 1.54) is 5.56 Å². The van der Waals surface area contributed by atoms with E-state index in [4.69, 9.17) is 16.3 Å². The minimum absolute atomic E-state index is 0.267. The first-order valence-electron chi connectivity index (χ1n) is 8.43. The van der Waals surface area contributed by atoms with E-state index in [0.29, 0.717) is 17.6 Å². The smallest absolute Gasteiger partial charge is 0.119 e. The lowest BCUT2D eigenvalue weighted by molar-refractivity contribution is 0.0506. The van der Waals surface area contributed by atoms with Gasteiger partial charge in [0.25, 0.3) is 0 Å². The fourth-order valence-electron chi connectivity index (χ4n) is 2.52. The third-order valence-corrected chi connectivity index (χ3v) is 4.40. The lowest BCUT2D eigenvalue weighted by Crippen LogP contribution is -2.40. The number of rotatable bonds is 9. The lowest BCUT2D eigenvalue weighted by Gasteiger charge is -2.30. The Morgan fingerprint density at radius 3 is 2.38 bits per heavy atom. The van der Waals surface area contributed by atoms with Crippen LogP contribution in [0.5, 0.6) is 5.75 Å². The van der Waals surface area contributed by atoms with Crippen molar-refractivity contribution in [2.24, 2.45) is 0 Å². The molecule has 0 fully saturated rings. The molecule has 0 radical (unpaired) electrons. The van der Waals surface area contributed by atoms with E-state index in [1.807, 2.05) is 30.3 Å². The standard InChI is InChI=1S/C20H26ClNO2/c1-3-16(2)22(13-17-7-5-4-6-8-17)14-19(23)15-24-20-11-9-18(21)10-12-20/h4-12,16,19,23H,3,13-15H2,1-2H3/t16-,19-/m0/s1. The van der Waals surface area contributed by atoms with Crippen LogP contribution < -0.4 is 4.74 Å². The molecule has 0 aliphatic carbocycles. The van der Waals surface area contributed by atoms with Crippen molar-refractivity contribution < 1.29 is 9.84 Å². The summed E-state index contributed by atoms with van der Waals surface area (Å²) in [6, 6.07) is 17.9. The van der Waals surface area contributed by atoms with Gasteiger partial charge in [-0.05, 0) is 43.2 Å². The molecule has 2 aromatic rings. The Bertz CT molecular complexity index is 588. The average Bonchev–Trinajstić information content (AvgIpc) is 2.61. The molecule has 2 rings (SSSR count). The number of hydrogen-bond acceptors (Lipinski definition) is 3. The van der Waals surface area contributed by atoms with Crippen molar-refractivity contribution >= 4 is 11.6 Å². The van der Waals surface area contributed by atoms with Gasteiger partial charge in [-0.1, -0.05) is 48.9 Å². The predicted molar refractivity (Wildman–Crippen MR) is 99.6 cm³/mol. The zero-order valence-electron chi connectivity index (χ0n) is 14.4. The first kappa shape index (κ1) is 18.8. The maximum atomic E-state index is 10.4. The molecule has 0 aliphatic heterocycles. The number of aliphatic hydroxyl groups is 1.